The number of nitrogens with two attached hydrogens (primary N) is 1. The zero-order chi connectivity index (χ0) is 14.1. The van der Waals surface area contributed by atoms with Gasteiger partial charge in [-0.25, -0.2) is 0 Å². The van der Waals surface area contributed by atoms with E-state index in [2.05, 4.69) is 19.2 Å². The zero-order valence-corrected chi connectivity index (χ0v) is 13.4. The van der Waals surface area contributed by atoms with Crippen LogP contribution in [0.5, 0.6) is 0 Å². The number of amides is 1. The van der Waals surface area contributed by atoms with Gasteiger partial charge in [-0.1, -0.05) is 26.7 Å². The van der Waals surface area contributed by atoms with Crippen molar-refractivity contribution < 1.29 is 4.79 Å². The van der Waals surface area contributed by atoms with Crippen LogP contribution in [0.1, 0.15) is 58.8 Å². The second kappa shape index (κ2) is 8.85. The van der Waals surface area contributed by atoms with E-state index in [0.717, 1.165) is 44.4 Å². The highest BCUT2D eigenvalue weighted by atomic mass is 32.2. The Balaban J connectivity index is 2.46. The van der Waals surface area contributed by atoms with Gasteiger partial charge in [0.2, 0.25) is 5.91 Å². The number of hydrogen-bond donors (Lipinski definition) is 2. The Morgan fingerprint density at radius 2 is 2.16 bits per heavy atom. The van der Waals surface area contributed by atoms with Gasteiger partial charge in [-0.15, -0.1) is 0 Å². The zero-order valence-electron chi connectivity index (χ0n) is 12.5. The Kier molecular flexibility index (Phi) is 7.84. The molecule has 0 aromatic heterocycles. The summed E-state index contributed by atoms with van der Waals surface area (Å²) in [6.45, 7) is 5.25. The third-order valence-electron chi connectivity index (χ3n) is 4.20. The van der Waals surface area contributed by atoms with E-state index in [1.807, 2.05) is 11.8 Å². The van der Waals surface area contributed by atoms with Crippen LogP contribution >= 0.6 is 11.8 Å². The molecule has 0 aliphatic heterocycles. The van der Waals surface area contributed by atoms with Crippen molar-refractivity contribution in [3.8, 4) is 0 Å². The monoisotopic (exact) mass is 286 g/mol. The van der Waals surface area contributed by atoms with Crippen LogP contribution in [0.15, 0.2) is 0 Å². The van der Waals surface area contributed by atoms with Crippen LogP contribution in [0.2, 0.25) is 0 Å². The maximum absolute atomic E-state index is 11.9. The van der Waals surface area contributed by atoms with Crippen molar-refractivity contribution in [1.29, 1.82) is 0 Å². The van der Waals surface area contributed by atoms with Crippen molar-refractivity contribution in [3.63, 3.8) is 0 Å². The Bertz CT molecular complexity index is 273. The molecule has 0 spiro atoms. The molecule has 112 valence electrons. The standard InChI is InChI=1S/C15H30N2OS/c1-3-5-11-19-12-8-13-7-6-9-15(13,14(16)18)17-10-4-2/h13,17H,3-12H2,1-2H3,(H2,16,18). The van der Waals surface area contributed by atoms with Gasteiger partial charge in [0.15, 0.2) is 0 Å². The maximum atomic E-state index is 11.9. The number of primary amides is 1. The summed E-state index contributed by atoms with van der Waals surface area (Å²) in [7, 11) is 0. The molecule has 3 N–H and O–H groups in total. The van der Waals surface area contributed by atoms with Crippen molar-refractivity contribution in [2.24, 2.45) is 11.7 Å². The molecule has 19 heavy (non-hydrogen) atoms. The summed E-state index contributed by atoms with van der Waals surface area (Å²) in [5.74, 6) is 2.70. The molecule has 1 aliphatic rings. The van der Waals surface area contributed by atoms with Gasteiger partial charge in [-0.3, -0.25) is 4.79 Å². The van der Waals surface area contributed by atoms with Crippen molar-refractivity contribution in [2.75, 3.05) is 18.1 Å². The summed E-state index contributed by atoms with van der Waals surface area (Å²) < 4.78 is 0. The number of unbranched alkanes of at least 4 members (excludes halogenated alkanes) is 1. The average Bonchev–Trinajstić information content (AvgIpc) is 2.80. The first-order chi connectivity index (χ1) is 9.17. The minimum absolute atomic E-state index is 0.137. The van der Waals surface area contributed by atoms with Gasteiger partial charge in [0.05, 0.1) is 0 Å². The van der Waals surface area contributed by atoms with E-state index in [0.29, 0.717) is 5.92 Å². The van der Waals surface area contributed by atoms with E-state index in [1.54, 1.807) is 0 Å². The molecule has 0 bridgehead atoms. The van der Waals surface area contributed by atoms with Gasteiger partial charge < -0.3 is 11.1 Å². The van der Waals surface area contributed by atoms with E-state index >= 15 is 0 Å². The lowest BCUT2D eigenvalue weighted by atomic mass is 9.84. The number of rotatable bonds is 10. The fourth-order valence-electron chi connectivity index (χ4n) is 3.03. The van der Waals surface area contributed by atoms with Crippen LogP contribution in [0.4, 0.5) is 0 Å². The minimum atomic E-state index is -0.415. The van der Waals surface area contributed by atoms with Crippen LogP contribution in [0.3, 0.4) is 0 Å². The van der Waals surface area contributed by atoms with Gasteiger partial charge in [0.1, 0.15) is 5.54 Å². The molecular weight excluding hydrogens is 256 g/mol. The Labute approximate surface area is 122 Å². The SMILES string of the molecule is CCCCSCCC1CCCC1(NCCC)C(N)=O. The predicted octanol–water partition coefficient (Wildman–Crippen LogP) is 2.93. The van der Waals surface area contributed by atoms with Crippen LogP contribution in [-0.2, 0) is 4.79 Å². The first kappa shape index (κ1) is 16.8. The average molecular weight is 286 g/mol. The Hall–Kier alpha value is -0.220. The summed E-state index contributed by atoms with van der Waals surface area (Å²) in [4.78, 5) is 11.9. The van der Waals surface area contributed by atoms with Crippen molar-refractivity contribution in [3.05, 3.63) is 0 Å². The first-order valence-electron chi connectivity index (χ1n) is 7.80. The van der Waals surface area contributed by atoms with E-state index < -0.39 is 5.54 Å². The predicted molar refractivity (Wildman–Crippen MR) is 84.4 cm³/mol. The third-order valence-corrected chi connectivity index (χ3v) is 5.31. The molecule has 1 aliphatic carbocycles. The normalized spacial score (nSPS) is 26.7. The molecule has 2 unspecified atom stereocenters. The van der Waals surface area contributed by atoms with E-state index in [4.69, 9.17) is 5.73 Å². The number of thioether (sulfide) groups is 1. The quantitative estimate of drug-likeness (QED) is 0.607. The molecular formula is C15H30N2OS. The van der Waals surface area contributed by atoms with Gasteiger partial charge in [-0.05, 0) is 56.1 Å². The molecule has 0 radical (unpaired) electrons. The molecule has 0 aromatic rings. The minimum Gasteiger partial charge on any atom is -0.368 e. The third kappa shape index (κ3) is 4.67. The van der Waals surface area contributed by atoms with E-state index in [-0.39, 0.29) is 5.91 Å². The summed E-state index contributed by atoms with van der Waals surface area (Å²) >= 11 is 2.02. The van der Waals surface area contributed by atoms with Crippen LogP contribution < -0.4 is 11.1 Å². The summed E-state index contributed by atoms with van der Waals surface area (Å²) in [5.41, 5.74) is 5.29. The van der Waals surface area contributed by atoms with Gasteiger partial charge in [0.25, 0.3) is 0 Å². The smallest absolute Gasteiger partial charge is 0.238 e. The molecule has 1 saturated carbocycles. The van der Waals surface area contributed by atoms with Gasteiger partial charge in [0, 0.05) is 0 Å². The van der Waals surface area contributed by atoms with E-state index in [1.165, 1.54) is 18.6 Å². The number of carbonyl (C=O) groups is 1. The number of nitrogens with one attached hydrogen (secondary N) is 1. The summed E-state index contributed by atoms with van der Waals surface area (Å²) in [6.07, 6.45) is 7.93. The first-order valence-corrected chi connectivity index (χ1v) is 8.95. The maximum Gasteiger partial charge on any atom is 0.238 e. The van der Waals surface area contributed by atoms with Crippen LogP contribution in [0, 0.1) is 5.92 Å². The molecule has 4 heteroatoms. The Morgan fingerprint density at radius 3 is 2.79 bits per heavy atom. The second-order valence-corrected chi connectivity index (χ2v) is 6.83. The lowest BCUT2D eigenvalue weighted by Crippen LogP contribution is -2.58. The molecule has 2 atom stereocenters. The molecule has 1 amide bonds. The lowest BCUT2D eigenvalue weighted by Gasteiger charge is -2.33. The second-order valence-electron chi connectivity index (χ2n) is 5.61. The van der Waals surface area contributed by atoms with Gasteiger partial charge >= 0.3 is 0 Å². The Morgan fingerprint density at radius 1 is 1.37 bits per heavy atom. The van der Waals surface area contributed by atoms with Crippen LogP contribution in [0.25, 0.3) is 0 Å². The highest BCUT2D eigenvalue weighted by molar-refractivity contribution is 7.99. The number of hydrogen-bond acceptors (Lipinski definition) is 3. The highest BCUT2D eigenvalue weighted by Crippen LogP contribution is 2.38. The van der Waals surface area contributed by atoms with Crippen molar-refractivity contribution in [1.82, 2.24) is 5.32 Å². The highest BCUT2D eigenvalue weighted by Gasteiger charge is 2.46. The van der Waals surface area contributed by atoms with Crippen molar-refractivity contribution in [2.45, 2.75) is 64.3 Å². The van der Waals surface area contributed by atoms with Gasteiger partial charge in [-0.2, -0.15) is 11.8 Å². The fourth-order valence-corrected chi connectivity index (χ4v) is 4.18. The summed E-state index contributed by atoms with van der Waals surface area (Å²) in [6, 6.07) is 0. The molecule has 3 nitrogen and oxygen atoms in total. The largest absolute Gasteiger partial charge is 0.368 e. The van der Waals surface area contributed by atoms with Crippen molar-refractivity contribution >= 4 is 17.7 Å². The number of carbonyl (C=O) groups excluding carboxylic acids is 1. The van der Waals surface area contributed by atoms with E-state index in [9.17, 15) is 4.79 Å². The molecule has 1 rings (SSSR count). The topological polar surface area (TPSA) is 55.1 Å². The molecule has 0 saturated heterocycles. The molecule has 0 heterocycles. The molecule has 0 aromatic carbocycles. The fraction of sp³-hybridized carbons (Fsp3) is 0.933. The summed E-state index contributed by atoms with van der Waals surface area (Å²) in [5, 5.41) is 3.46. The van der Waals surface area contributed by atoms with Crippen LogP contribution in [-0.4, -0.2) is 29.5 Å². The molecule has 1 fully saturated rings. The lowest BCUT2D eigenvalue weighted by molar-refractivity contribution is -0.126.